The molecule has 0 heterocycles. The molecular formula is C21H22F2N4O3. The Kier molecular flexibility index (Phi) is 6.95. The molecule has 0 radical (unpaired) electrons. The molecule has 0 atom stereocenters. The maximum absolute atomic E-state index is 14.1. The van der Waals surface area contributed by atoms with Crippen LogP contribution in [0.5, 0.6) is 0 Å². The number of likely N-dealkylation sites (N-methyl/N-ethyl adjacent to an activating group) is 1. The number of hydrogen-bond donors (Lipinski definition) is 2. The Labute approximate surface area is 173 Å². The first-order chi connectivity index (χ1) is 14.0. The first-order valence-corrected chi connectivity index (χ1v) is 8.98. The summed E-state index contributed by atoms with van der Waals surface area (Å²) in [4.78, 5) is 25.7. The molecule has 0 aliphatic heterocycles. The molecule has 0 saturated heterocycles. The van der Waals surface area contributed by atoms with Crippen molar-refractivity contribution in [3.05, 3.63) is 53.6 Å². The number of amides is 2. The van der Waals surface area contributed by atoms with E-state index in [4.69, 9.17) is 10.00 Å². The second-order valence-electron chi connectivity index (χ2n) is 7.50. The third kappa shape index (κ3) is 6.44. The molecular weight excluding hydrogens is 394 g/mol. The summed E-state index contributed by atoms with van der Waals surface area (Å²) in [5, 5.41) is 13.8. The summed E-state index contributed by atoms with van der Waals surface area (Å²) < 4.78 is 33.0. The highest BCUT2D eigenvalue weighted by Crippen LogP contribution is 2.24. The Hall–Kier alpha value is -3.67. The normalized spacial score (nSPS) is 10.7. The Morgan fingerprint density at radius 3 is 2.40 bits per heavy atom. The van der Waals surface area contributed by atoms with Gasteiger partial charge in [-0.3, -0.25) is 10.1 Å². The fraction of sp³-hybridized carbons (Fsp3) is 0.286. The molecule has 2 amide bonds. The van der Waals surface area contributed by atoms with Gasteiger partial charge in [0.1, 0.15) is 17.2 Å². The topological polar surface area (TPSA) is 94.5 Å². The van der Waals surface area contributed by atoms with Crippen molar-refractivity contribution in [1.29, 1.82) is 5.26 Å². The van der Waals surface area contributed by atoms with Crippen molar-refractivity contribution in [3.63, 3.8) is 0 Å². The lowest BCUT2D eigenvalue weighted by Gasteiger charge is -2.21. The predicted octanol–water partition coefficient (Wildman–Crippen LogP) is 4.26. The van der Waals surface area contributed by atoms with Gasteiger partial charge in [-0.2, -0.15) is 5.26 Å². The highest BCUT2D eigenvalue weighted by atomic mass is 19.1. The highest BCUT2D eigenvalue weighted by Gasteiger charge is 2.19. The average Bonchev–Trinajstić information content (AvgIpc) is 2.62. The quantitative estimate of drug-likeness (QED) is 0.760. The molecule has 158 valence electrons. The third-order valence-corrected chi connectivity index (χ3v) is 3.76. The number of rotatable bonds is 5. The molecule has 0 spiro atoms. The van der Waals surface area contributed by atoms with Gasteiger partial charge in [0.2, 0.25) is 5.91 Å². The lowest BCUT2D eigenvalue weighted by Crippen LogP contribution is -2.31. The van der Waals surface area contributed by atoms with Crippen LogP contribution in [-0.2, 0) is 9.53 Å². The second kappa shape index (κ2) is 9.22. The number of anilines is 3. The molecule has 0 aliphatic carbocycles. The van der Waals surface area contributed by atoms with Crippen molar-refractivity contribution in [2.45, 2.75) is 26.4 Å². The number of nitriles is 1. The van der Waals surface area contributed by atoms with Crippen molar-refractivity contribution >= 4 is 29.1 Å². The lowest BCUT2D eigenvalue weighted by molar-refractivity contribution is -0.114. The van der Waals surface area contributed by atoms with E-state index in [1.807, 2.05) is 6.07 Å². The molecule has 0 saturated carbocycles. The van der Waals surface area contributed by atoms with Gasteiger partial charge < -0.3 is 15.0 Å². The molecule has 7 nitrogen and oxygen atoms in total. The van der Waals surface area contributed by atoms with E-state index in [1.165, 1.54) is 30.1 Å². The minimum absolute atomic E-state index is 0.0274. The second-order valence-corrected chi connectivity index (χ2v) is 7.50. The van der Waals surface area contributed by atoms with Gasteiger partial charge in [0, 0.05) is 7.05 Å². The molecule has 9 heteroatoms. The van der Waals surface area contributed by atoms with Crippen LogP contribution in [-0.4, -0.2) is 31.2 Å². The Balaban J connectivity index is 2.11. The summed E-state index contributed by atoms with van der Waals surface area (Å²) in [6.45, 7) is 4.82. The van der Waals surface area contributed by atoms with Crippen LogP contribution < -0.4 is 15.5 Å². The Morgan fingerprint density at radius 1 is 1.10 bits per heavy atom. The first kappa shape index (κ1) is 22.6. The van der Waals surface area contributed by atoms with Crippen molar-refractivity contribution in [3.8, 4) is 6.07 Å². The number of halogens is 2. The first-order valence-electron chi connectivity index (χ1n) is 8.98. The standard InChI is InChI=1S/C21H22F2N4O3/c1-21(2,3)30-20(29)26-16-7-6-14(22)10-17(16)25-19(28)12-27(4)18-8-5-13(11-24)9-15(18)23/h5-10H,12H2,1-4H3,(H,25,28)(H,26,29). The molecule has 0 aliphatic rings. The van der Waals surface area contributed by atoms with Gasteiger partial charge in [-0.1, -0.05) is 0 Å². The number of carbonyl (C=O) groups is 2. The van der Waals surface area contributed by atoms with Gasteiger partial charge in [0.15, 0.2) is 0 Å². The van der Waals surface area contributed by atoms with E-state index in [9.17, 15) is 18.4 Å². The summed E-state index contributed by atoms with van der Waals surface area (Å²) in [6.07, 6.45) is -0.763. The summed E-state index contributed by atoms with van der Waals surface area (Å²) in [5.74, 6) is -1.84. The molecule has 2 aromatic rings. The number of nitrogens with one attached hydrogen (secondary N) is 2. The highest BCUT2D eigenvalue weighted by molar-refractivity contribution is 5.99. The van der Waals surface area contributed by atoms with Crippen molar-refractivity contribution in [2.75, 3.05) is 29.1 Å². The number of benzene rings is 2. The zero-order valence-electron chi connectivity index (χ0n) is 17.0. The molecule has 30 heavy (non-hydrogen) atoms. The molecule has 0 unspecified atom stereocenters. The number of ether oxygens (including phenoxy) is 1. The minimum atomic E-state index is -0.763. The van der Waals surface area contributed by atoms with Crippen molar-refractivity contribution in [2.24, 2.45) is 0 Å². The Morgan fingerprint density at radius 2 is 1.80 bits per heavy atom. The van der Waals surface area contributed by atoms with Crippen molar-refractivity contribution < 1.29 is 23.1 Å². The lowest BCUT2D eigenvalue weighted by atomic mass is 10.2. The zero-order chi connectivity index (χ0) is 22.5. The molecule has 0 fully saturated rings. The fourth-order valence-corrected chi connectivity index (χ4v) is 2.52. The molecule has 2 N–H and O–H groups in total. The van der Waals surface area contributed by atoms with Gasteiger partial charge in [0.05, 0.1) is 35.2 Å². The molecule has 2 rings (SSSR count). The fourth-order valence-electron chi connectivity index (χ4n) is 2.52. The largest absolute Gasteiger partial charge is 0.444 e. The summed E-state index contributed by atoms with van der Waals surface area (Å²) in [5.41, 5.74) is -0.283. The SMILES string of the molecule is CN(CC(=O)Nc1cc(F)ccc1NC(=O)OC(C)(C)C)c1ccc(C#N)cc1F. The van der Waals surface area contributed by atoms with Crippen LogP contribution >= 0.6 is 0 Å². The van der Waals surface area contributed by atoms with Crippen LogP contribution in [0.2, 0.25) is 0 Å². The van der Waals surface area contributed by atoms with E-state index in [0.717, 1.165) is 18.2 Å². The van der Waals surface area contributed by atoms with Crippen LogP contribution in [0.15, 0.2) is 36.4 Å². The molecule has 0 aromatic heterocycles. The summed E-state index contributed by atoms with van der Waals surface area (Å²) in [6, 6.07) is 9.18. The maximum atomic E-state index is 14.1. The van der Waals surface area contributed by atoms with Gasteiger partial charge in [-0.15, -0.1) is 0 Å². The van der Waals surface area contributed by atoms with E-state index in [0.29, 0.717) is 0 Å². The van der Waals surface area contributed by atoms with Crippen LogP contribution in [0.4, 0.5) is 30.6 Å². The summed E-state index contributed by atoms with van der Waals surface area (Å²) >= 11 is 0. The third-order valence-electron chi connectivity index (χ3n) is 3.76. The van der Waals surface area contributed by atoms with E-state index >= 15 is 0 Å². The van der Waals surface area contributed by atoms with Crippen LogP contribution in [0.25, 0.3) is 0 Å². The summed E-state index contributed by atoms with van der Waals surface area (Å²) in [7, 11) is 1.50. The van der Waals surface area contributed by atoms with Gasteiger partial charge >= 0.3 is 6.09 Å². The predicted molar refractivity (Wildman–Crippen MR) is 109 cm³/mol. The van der Waals surface area contributed by atoms with E-state index < -0.39 is 29.2 Å². The van der Waals surface area contributed by atoms with Gasteiger partial charge in [0.25, 0.3) is 0 Å². The number of hydrogen-bond acceptors (Lipinski definition) is 5. The Bertz CT molecular complexity index is 997. The van der Waals surface area contributed by atoms with Crippen LogP contribution in [0.1, 0.15) is 26.3 Å². The smallest absolute Gasteiger partial charge is 0.412 e. The van der Waals surface area contributed by atoms with E-state index in [2.05, 4.69) is 10.6 Å². The monoisotopic (exact) mass is 416 g/mol. The zero-order valence-corrected chi connectivity index (χ0v) is 17.0. The average molecular weight is 416 g/mol. The molecule has 2 aromatic carbocycles. The van der Waals surface area contributed by atoms with Crippen LogP contribution in [0.3, 0.4) is 0 Å². The van der Waals surface area contributed by atoms with Gasteiger partial charge in [-0.25, -0.2) is 13.6 Å². The maximum Gasteiger partial charge on any atom is 0.412 e. The van der Waals surface area contributed by atoms with Gasteiger partial charge in [-0.05, 0) is 57.2 Å². The number of carbonyl (C=O) groups excluding carboxylic acids is 2. The van der Waals surface area contributed by atoms with Crippen LogP contribution in [0, 0.1) is 23.0 Å². The molecule has 0 bridgehead atoms. The van der Waals surface area contributed by atoms with E-state index in [-0.39, 0.29) is 29.2 Å². The number of nitrogens with zero attached hydrogens (tertiary/aromatic N) is 2. The van der Waals surface area contributed by atoms with E-state index in [1.54, 1.807) is 20.8 Å². The minimum Gasteiger partial charge on any atom is -0.444 e. The van der Waals surface area contributed by atoms with Crippen molar-refractivity contribution in [1.82, 2.24) is 0 Å².